The summed E-state index contributed by atoms with van der Waals surface area (Å²) in [6.45, 7) is 1.66. The van der Waals surface area contributed by atoms with Crippen LogP contribution in [0.5, 0.6) is 0 Å². The van der Waals surface area contributed by atoms with E-state index in [0.717, 1.165) is 16.8 Å². The van der Waals surface area contributed by atoms with E-state index < -0.39 is 11.6 Å². The van der Waals surface area contributed by atoms with Crippen LogP contribution in [0.4, 0.5) is 14.9 Å². The Labute approximate surface area is 187 Å². The van der Waals surface area contributed by atoms with E-state index in [1.165, 1.54) is 6.07 Å². The van der Waals surface area contributed by atoms with Gasteiger partial charge in [-0.2, -0.15) is 0 Å². The first-order valence-electron chi connectivity index (χ1n) is 10.4. The third-order valence-electron chi connectivity index (χ3n) is 5.42. The molecule has 2 N–H and O–H groups in total. The number of nitrogens with one attached hydrogen (secondary N) is 2. The maximum Gasteiger partial charge on any atom is 0.320 e. The largest absolute Gasteiger partial charge is 0.322 e. The number of amides is 2. The molecule has 1 atom stereocenters. The summed E-state index contributed by atoms with van der Waals surface area (Å²) in [6, 6.07) is 29.6. The Kier molecular flexibility index (Phi) is 6.26. The van der Waals surface area contributed by atoms with Gasteiger partial charge in [-0.3, -0.25) is 4.98 Å². The van der Waals surface area contributed by atoms with Crippen molar-refractivity contribution in [2.24, 2.45) is 0 Å². The van der Waals surface area contributed by atoms with Gasteiger partial charge in [-0.25, -0.2) is 9.18 Å². The Balaban J connectivity index is 1.76. The first-order chi connectivity index (χ1) is 15.6. The lowest BCUT2D eigenvalue weighted by molar-refractivity contribution is 0.241. The van der Waals surface area contributed by atoms with Crippen molar-refractivity contribution >= 4 is 11.7 Å². The monoisotopic (exact) mass is 425 g/mol. The Morgan fingerprint density at radius 3 is 2.25 bits per heavy atom. The highest BCUT2D eigenvalue weighted by Gasteiger charge is 2.37. The molecule has 160 valence electrons. The lowest BCUT2D eigenvalue weighted by Gasteiger charge is -2.35. The number of nitrogens with zero attached hydrogens (tertiary/aromatic N) is 1. The molecule has 0 aliphatic carbocycles. The minimum atomic E-state index is -0.914. The van der Waals surface area contributed by atoms with Crippen LogP contribution in [-0.4, -0.2) is 11.0 Å². The Morgan fingerprint density at radius 1 is 0.906 bits per heavy atom. The summed E-state index contributed by atoms with van der Waals surface area (Å²) in [5, 5.41) is 6.03. The van der Waals surface area contributed by atoms with Crippen LogP contribution in [0.2, 0.25) is 0 Å². The fourth-order valence-corrected chi connectivity index (χ4v) is 3.84. The molecule has 1 heterocycles. The van der Waals surface area contributed by atoms with Gasteiger partial charge in [0.1, 0.15) is 11.4 Å². The maximum absolute atomic E-state index is 13.7. The van der Waals surface area contributed by atoms with Crippen molar-refractivity contribution in [3.63, 3.8) is 0 Å². The van der Waals surface area contributed by atoms with E-state index in [-0.39, 0.29) is 5.82 Å². The Bertz CT molecular complexity index is 1140. The molecular formula is C27H24FN3O. The summed E-state index contributed by atoms with van der Waals surface area (Å²) < 4.78 is 13.7. The summed E-state index contributed by atoms with van der Waals surface area (Å²) in [6.07, 6.45) is 2.23. The molecule has 0 aliphatic heterocycles. The van der Waals surface area contributed by atoms with E-state index in [0.29, 0.717) is 17.7 Å². The third kappa shape index (κ3) is 4.67. The summed E-state index contributed by atoms with van der Waals surface area (Å²) in [4.78, 5) is 17.8. The number of aryl methyl sites for hydroxylation is 1. The number of anilines is 1. The highest BCUT2D eigenvalue weighted by molar-refractivity contribution is 5.90. The number of pyridine rings is 1. The quantitative estimate of drug-likeness (QED) is 0.408. The zero-order chi connectivity index (χ0) is 22.4. The molecule has 4 rings (SSSR count). The van der Waals surface area contributed by atoms with Gasteiger partial charge < -0.3 is 10.6 Å². The second-order valence-electron chi connectivity index (χ2n) is 7.69. The minimum Gasteiger partial charge on any atom is -0.322 e. The summed E-state index contributed by atoms with van der Waals surface area (Å²) >= 11 is 0. The fraction of sp³-hybridized carbons (Fsp3) is 0.111. The standard InChI is InChI=1S/C27H24FN3O/c1-20-18-23(15-16-24(20)28)30-26(32)31-27(22-12-6-3-7-13-22,25-14-8-9-17-29-25)19-21-10-4-2-5-11-21/h2-18H,19H2,1H3,(H2,30,31,32). The first-order valence-corrected chi connectivity index (χ1v) is 10.4. The molecule has 0 saturated heterocycles. The third-order valence-corrected chi connectivity index (χ3v) is 5.42. The maximum atomic E-state index is 13.7. The number of benzene rings is 3. The number of rotatable bonds is 6. The number of urea groups is 1. The SMILES string of the molecule is Cc1cc(NC(=O)NC(Cc2ccccc2)(c2ccccc2)c2ccccn2)ccc1F. The van der Waals surface area contributed by atoms with Gasteiger partial charge >= 0.3 is 6.03 Å². The van der Waals surface area contributed by atoms with Gasteiger partial charge in [0.05, 0.1) is 5.69 Å². The number of halogens is 1. The fourth-order valence-electron chi connectivity index (χ4n) is 3.84. The molecule has 4 nitrogen and oxygen atoms in total. The van der Waals surface area contributed by atoms with Crippen molar-refractivity contribution in [1.29, 1.82) is 0 Å². The summed E-state index contributed by atoms with van der Waals surface area (Å²) in [5.41, 5.74) is 2.76. The van der Waals surface area contributed by atoms with Crippen LogP contribution in [0.3, 0.4) is 0 Å². The molecule has 0 saturated carbocycles. The number of aromatic nitrogens is 1. The van der Waals surface area contributed by atoms with Crippen molar-refractivity contribution < 1.29 is 9.18 Å². The molecule has 5 heteroatoms. The van der Waals surface area contributed by atoms with Crippen molar-refractivity contribution in [2.75, 3.05) is 5.32 Å². The molecule has 0 bridgehead atoms. The topological polar surface area (TPSA) is 54.0 Å². The van der Waals surface area contributed by atoms with Crippen molar-refractivity contribution in [1.82, 2.24) is 10.3 Å². The van der Waals surface area contributed by atoms with Crippen molar-refractivity contribution in [3.8, 4) is 0 Å². The summed E-state index contributed by atoms with van der Waals surface area (Å²) in [5.74, 6) is -0.313. The van der Waals surface area contributed by atoms with E-state index in [4.69, 9.17) is 0 Å². The van der Waals surface area contributed by atoms with Crippen LogP contribution in [0.1, 0.15) is 22.4 Å². The van der Waals surface area contributed by atoms with Gasteiger partial charge in [0, 0.05) is 18.3 Å². The van der Waals surface area contributed by atoms with E-state index in [1.54, 1.807) is 25.3 Å². The summed E-state index contributed by atoms with van der Waals surface area (Å²) in [7, 11) is 0. The minimum absolute atomic E-state index is 0.313. The van der Waals surface area contributed by atoms with Crippen LogP contribution in [0.25, 0.3) is 0 Å². The zero-order valence-corrected chi connectivity index (χ0v) is 17.8. The average Bonchev–Trinajstić information content (AvgIpc) is 2.83. The lowest BCUT2D eigenvalue weighted by Crippen LogP contribution is -2.50. The van der Waals surface area contributed by atoms with E-state index >= 15 is 0 Å². The molecule has 1 unspecified atom stereocenters. The predicted molar refractivity (Wildman–Crippen MR) is 125 cm³/mol. The first kappa shape index (κ1) is 21.2. The van der Waals surface area contributed by atoms with Gasteiger partial charge in [-0.05, 0) is 53.9 Å². The van der Waals surface area contributed by atoms with Crippen LogP contribution >= 0.6 is 0 Å². The lowest BCUT2D eigenvalue weighted by atomic mass is 9.80. The van der Waals surface area contributed by atoms with Gasteiger partial charge in [0.15, 0.2) is 0 Å². The Morgan fingerprint density at radius 2 is 1.59 bits per heavy atom. The van der Waals surface area contributed by atoms with Gasteiger partial charge in [-0.15, -0.1) is 0 Å². The zero-order valence-electron chi connectivity index (χ0n) is 17.8. The molecular weight excluding hydrogens is 401 g/mol. The molecule has 0 spiro atoms. The van der Waals surface area contributed by atoms with E-state index in [9.17, 15) is 9.18 Å². The number of hydrogen-bond donors (Lipinski definition) is 2. The van der Waals surface area contributed by atoms with Gasteiger partial charge in [0.25, 0.3) is 0 Å². The number of carbonyl (C=O) groups excluding carboxylic acids is 1. The molecule has 0 aliphatic rings. The average molecular weight is 426 g/mol. The second-order valence-corrected chi connectivity index (χ2v) is 7.69. The predicted octanol–water partition coefficient (Wildman–Crippen LogP) is 5.84. The van der Waals surface area contributed by atoms with Crippen LogP contribution in [0.15, 0.2) is 103 Å². The van der Waals surface area contributed by atoms with Crippen LogP contribution < -0.4 is 10.6 Å². The molecule has 3 aromatic carbocycles. The van der Waals surface area contributed by atoms with Crippen LogP contribution in [-0.2, 0) is 12.0 Å². The number of carbonyl (C=O) groups is 1. The van der Waals surface area contributed by atoms with Crippen molar-refractivity contribution in [3.05, 3.63) is 131 Å². The molecule has 32 heavy (non-hydrogen) atoms. The van der Waals surface area contributed by atoms with E-state index in [1.807, 2.05) is 78.9 Å². The molecule has 4 aromatic rings. The molecule has 1 aromatic heterocycles. The second kappa shape index (κ2) is 9.43. The number of hydrogen-bond acceptors (Lipinski definition) is 2. The van der Waals surface area contributed by atoms with Gasteiger partial charge in [0.2, 0.25) is 0 Å². The molecule has 2 amide bonds. The van der Waals surface area contributed by atoms with E-state index in [2.05, 4.69) is 15.6 Å². The van der Waals surface area contributed by atoms with Crippen LogP contribution in [0, 0.1) is 12.7 Å². The Hall–Kier alpha value is -3.99. The molecule has 0 fully saturated rings. The normalized spacial score (nSPS) is 12.6. The smallest absolute Gasteiger partial charge is 0.320 e. The van der Waals surface area contributed by atoms with Gasteiger partial charge in [-0.1, -0.05) is 66.7 Å². The highest BCUT2D eigenvalue weighted by atomic mass is 19.1. The van der Waals surface area contributed by atoms with Crippen molar-refractivity contribution in [2.45, 2.75) is 18.9 Å². The highest BCUT2D eigenvalue weighted by Crippen LogP contribution is 2.32. The molecule has 0 radical (unpaired) electrons.